The summed E-state index contributed by atoms with van der Waals surface area (Å²) < 4.78 is 6.56. The van der Waals surface area contributed by atoms with Crippen molar-refractivity contribution in [3.63, 3.8) is 0 Å². The summed E-state index contributed by atoms with van der Waals surface area (Å²) in [4.78, 5) is 67.7. The van der Waals surface area contributed by atoms with Crippen molar-refractivity contribution in [3.8, 4) is 16.9 Å². The number of esters is 1. The van der Waals surface area contributed by atoms with Gasteiger partial charge in [0.2, 0.25) is 0 Å². The average Bonchev–Trinajstić information content (AvgIpc) is 1.38. The fraction of sp³-hybridized carbons (Fsp3) is 0.0602. The van der Waals surface area contributed by atoms with Gasteiger partial charge < -0.3 is 4.74 Å². The second-order valence-electron chi connectivity index (χ2n) is 31.6. The van der Waals surface area contributed by atoms with Gasteiger partial charge in [-0.1, -0.05) is 12.1 Å². The van der Waals surface area contributed by atoms with E-state index in [2.05, 4.69) is 18.0 Å². The van der Waals surface area contributed by atoms with E-state index in [0.717, 1.165) is 36.4 Å². The van der Waals surface area contributed by atoms with Crippen LogP contribution in [0.15, 0.2) is 48.5 Å². The molecule has 37 rings (SSSR count). The van der Waals surface area contributed by atoms with Gasteiger partial charge in [0.15, 0.2) is 5.78 Å². The first-order valence-electron chi connectivity index (χ1n) is 33.2. The highest BCUT2D eigenvalue weighted by Gasteiger charge is 2.76. The maximum absolute atomic E-state index is 15.4. The molecule has 5 aliphatic carbocycles. The quantitative estimate of drug-likeness (QED) is 0.0512. The summed E-state index contributed by atoms with van der Waals surface area (Å²) in [7, 11) is 2.34. The summed E-state index contributed by atoms with van der Waals surface area (Å²) in [6, 6.07) is 11.2. The molecule has 1 saturated heterocycles. The molecule has 0 amide bonds. The Kier molecular flexibility index (Phi) is 4.19. The summed E-state index contributed by atoms with van der Waals surface area (Å²) in [5, 5.41) is 119. The van der Waals surface area contributed by atoms with E-state index in [1.165, 1.54) is 292 Å². The van der Waals surface area contributed by atoms with Gasteiger partial charge in [-0.25, -0.2) is 4.79 Å². The molecule has 420 valence electrons. The summed E-state index contributed by atoms with van der Waals surface area (Å²) in [6.07, 6.45) is 0. The normalized spacial score (nSPS) is 20.8. The molecule has 96 heavy (non-hydrogen) atoms. The van der Waals surface area contributed by atoms with Crippen molar-refractivity contribution in [1.82, 2.24) is 4.90 Å². The molecule has 0 bridgehead atoms. The lowest BCUT2D eigenvalue weighted by atomic mass is 9.47. The van der Waals surface area contributed by atoms with Gasteiger partial charge in [-0.05, 0) is 338 Å². The number of hydrogen-bond donors (Lipinski definition) is 0. The highest BCUT2D eigenvalue weighted by atomic mass is 16.6. The summed E-state index contributed by atoms with van der Waals surface area (Å²) >= 11 is 0. The van der Waals surface area contributed by atoms with Crippen molar-refractivity contribution in [2.24, 2.45) is 0 Å². The number of nitro benzene ring substituents is 3. The lowest BCUT2D eigenvalue weighted by Crippen LogP contribution is -2.51. The number of nitro groups is 3. The Morgan fingerprint density at radius 2 is 0.698 bits per heavy atom. The number of carbonyl (C=O) groups excluding carboxylic acids is 2. The van der Waals surface area contributed by atoms with Crippen LogP contribution in [0.3, 0.4) is 0 Å². The number of fused-ring (bicyclic) bond motifs is 3. The van der Waals surface area contributed by atoms with Gasteiger partial charge in [0.05, 0.1) is 42.8 Å². The van der Waals surface area contributed by atoms with Gasteiger partial charge in [0.25, 0.3) is 17.1 Å². The molecule has 1 unspecified atom stereocenters. The lowest BCUT2D eigenvalue weighted by molar-refractivity contribution is -0.393. The highest BCUT2D eigenvalue weighted by Crippen LogP contribution is 2.87. The molecule has 1 aliphatic heterocycles. The number of ketones is 1. The minimum absolute atomic E-state index is 0.166. The molecular formula is C83H14N4O9. The van der Waals surface area contributed by atoms with Crippen LogP contribution in [-0.2, 0) is 10.8 Å². The van der Waals surface area contributed by atoms with Crippen LogP contribution in [0.25, 0.3) is 302 Å². The van der Waals surface area contributed by atoms with E-state index in [9.17, 15) is 35.1 Å². The first-order chi connectivity index (χ1) is 47.0. The average molecular weight is 1210 g/mol. The van der Waals surface area contributed by atoms with E-state index < -0.39 is 65.5 Å². The summed E-state index contributed by atoms with van der Waals surface area (Å²) in [5.74, 6) is -1.81. The van der Waals surface area contributed by atoms with E-state index in [1.54, 1.807) is 27.6 Å². The second-order valence-corrected chi connectivity index (χ2v) is 31.6. The number of hydrogen-bond acceptors (Lipinski definition) is 10. The topological polar surface area (TPSA) is 176 Å². The van der Waals surface area contributed by atoms with Crippen LogP contribution in [0.1, 0.15) is 60.1 Å². The highest BCUT2D eigenvalue weighted by molar-refractivity contribution is 6.82. The number of rotatable bonds is 6. The van der Waals surface area contributed by atoms with Crippen LogP contribution in [0.5, 0.6) is 5.75 Å². The van der Waals surface area contributed by atoms with Gasteiger partial charge in [0.1, 0.15) is 5.75 Å². The van der Waals surface area contributed by atoms with Gasteiger partial charge >= 0.3 is 5.97 Å². The number of likely N-dealkylation sites (N-methyl/N-ethyl adjacent to an activating group) is 1. The Hall–Kier alpha value is -12.6. The van der Waals surface area contributed by atoms with E-state index in [1.807, 2.05) is 12.1 Å². The van der Waals surface area contributed by atoms with Crippen LogP contribution < -0.4 is 4.74 Å². The minimum Gasteiger partial charge on any atom is -0.423 e. The zero-order valence-corrected chi connectivity index (χ0v) is 48.4. The fourth-order valence-electron chi connectivity index (χ4n) is 29.3. The van der Waals surface area contributed by atoms with Crippen LogP contribution in [0, 0.1) is 30.3 Å². The van der Waals surface area contributed by atoms with Crippen LogP contribution in [-0.4, -0.2) is 45.0 Å². The number of carbonyl (C=O) groups is 2. The molecule has 31 aromatic carbocycles. The zero-order chi connectivity index (χ0) is 60.4. The second kappa shape index (κ2) is 9.94. The molecule has 31 aromatic rings. The van der Waals surface area contributed by atoms with Gasteiger partial charge in [-0.2, -0.15) is 0 Å². The predicted molar refractivity (Wildman–Crippen MR) is 376 cm³/mol. The number of ether oxygens (including phenoxy) is 1. The van der Waals surface area contributed by atoms with Gasteiger partial charge in [-0.15, -0.1) is 0 Å². The monoisotopic (exact) mass is 1210 g/mol. The van der Waals surface area contributed by atoms with E-state index in [0.29, 0.717) is 0 Å². The number of likely N-dealkylation sites (tertiary alicyclic amines) is 1. The smallest absolute Gasteiger partial charge is 0.344 e. The Labute approximate surface area is 521 Å². The molecule has 1 fully saturated rings. The third-order valence-electron chi connectivity index (χ3n) is 30.1. The molecule has 0 aromatic heterocycles. The molecule has 6 aliphatic rings. The van der Waals surface area contributed by atoms with Crippen molar-refractivity contribution in [3.05, 3.63) is 123 Å². The molecule has 13 heteroatoms. The maximum Gasteiger partial charge on any atom is 0.344 e. The number of non-ortho nitro benzene ring substituents is 2. The van der Waals surface area contributed by atoms with Gasteiger partial charge in [-0.3, -0.25) is 40.0 Å². The molecular weight excluding hydrogens is 1200 g/mol. The van der Waals surface area contributed by atoms with Crippen molar-refractivity contribution >= 4 is 320 Å². The molecule has 1 heterocycles. The van der Waals surface area contributed by atoms with Crippen LogP contribution in [0.4, 0.5) is 17.1 Å². The minimum atomic E-state index is -1.06. The van der Waals surface area contributed by atoms with Crippen molar-refractivity contribution in [1.29, 1.82) is 0 Å². The molecule has 13 nitrogen and oxygen atoms in total. The Bertz CT molecular complexity index is 9040. The van der Waals surface area contributed by atoms with Crippen molar-refractivity contribution in [2.45, 2.75) is 16.9 Å². The lowest BCUT2D eigenvalue weighted by Gasteiger charge is -2.52. The molecule has 1 atom stereocenters. The zero-order valence-electron chi connectivity index (χ0n) is 48.4. The predicted octanol–water partition coefficient (Wildman–Crippen LogP) is 20.1. The molecule has 2 spiro atoms. The number of nitrogens with zero attached hydrogens (tertiary/aromatic N) is 4. The molecule has 0 radical (unpaired) electrons. The summed E-state index contributed by atoms with van der Waals surface area (Å²) in [5.41, 5.74) is 1.77. The third-order valence-corrected chi connectivity index (χ3v) is 30.1. The largest absolute Gasteiger partial charge is 0.423 e. The molecule has 0 saturated carbocycles. The Balaban J connectivity index is 0.770. The third kappa shape index (κ3) is 2.56. The van der Waals surface area contributed by atoms with E-state index >= 15 is 4.79 Å². The fourth-order valence-corrected chi connectivity index (χ4v) is 29.3. The first-order valence-corrected chi connectivity index (χ1v) is 33.2. The Morgan fingerprint density at radius 1 is 0.396 bits per heavy atom. The first kappa shape index (κ1) is 40.4. The van der Waals surface area contributed by atoms with Crippen molar-refractivity contribution < 1.29 is 29.1 Å². The van der Waals surface area contributed by atoms with E-state index in [4.69, 9.17) is 4.74 Å². The SMILES string of the molecule is CN1CC23c4c5c6c7c8c9c(c%10c%11c2c2c4c4c%12c5c5c6c6c8c8c%13c9c9c%10c%10c%11c%11c2c2c4c4c%12c%12c5c5c6c8c6c8c%13c9c9c%10c%10c%11c2c2c4c4c%12c5c6c5c8c9c%10c2c45)C73C1c1cccc(OC(=O)c2cc([N+](=O)[O-])cc3c2-c2c(cc([N+](=O)[O-])cc2[N+](=O)[O-])C3=O)c1. The van der Waals surface area contributed by atoms with E-state index in [-0.39, 0.29) is 28.5 Å². The molecule has 0 N–H and O–H groups in total. The number of benzene rings is 21. The maximum atomic E-state index is 15.4. The van der Waals surface area contributed by atoms with Crippen LogP contribution in [0.2, 0.25) is 0 Å². The van der Waals surface area contributed by atoms with Crippen LogP contribution >= 0.6 is 0 Å². The van der Waals surface area contributed by atoms with Crippen molar-refractivity contribution in [2.75, 3.05) is 13.6 Å². The Morgan fingerprint density at radius 3 is 1.02 bits per heavy atom. The standard InChI is InChI=1S/C83H14N4O9/c1-84-10-82-75-67-59-49-39-31-23-21-22-25-29-27(23)35-43-37(29)47-41-33(25)34-26(22)30-28-24(21)32(31)40-46-36(28)44-38(30)48-42(34)52-51(41)63-57(47)65-55(43)61(53(59)45(35)39)69(75)71(65)77-73(63)74-64(52)58(48)66-56(44)62-54(46)60(50(40)49)68(67)76(82)70(62)72(66)78(74)83(77,82)80(84)11-3-2-4-14(5-11)96-81(89)17-8-12(85(90)91)6-15-19(17)20-16(79(15)88)7-13(86(92)93)9-18(20)87(94)95/h2-9,80H,10H2,1H3. The summed E-state index contributed by atoms with van der Waals surface area (Å²) in [6.45, 7) is 0.724. The van der Waals surface area contributed by atoms with Gasteiger partial charge in [0, 0.05) is 47.5 Å².